The molecular weight excluding hydrogens is 328 g/mol. The van der Waals surface area contributed by atoms with Gasteiger partial charge in [-0.3, -0.25) is 4.79 Å². The van der Waals surface area contributed by atoms with Crippen molar-refractivity contribution in [3.63, 3.8) is 0 Å². The Morgan fingerprint density at radius 1 is 1.35 bits per heavy atom. The van der Waals surface area contributed by atoms with Crippen LogP contribution in [0.1, 0.15) is 46.3 Å². The van der Waals surface area contributed by atoms with E-state index < -0.39 is 0 Å². The SMILES string of the molecule is Cc1nn(Cc2ccccc2)c(N)c1C(=O)N1CCCC1c1ncc[nH]1. The molecule has 1 aliphatic rings. The number of nitrogens with zero attached hydrogens (tertiary/aromatic N) is 4. The molecule has 26 heavy (non-hydrogen) atoms. The smallest absolute Gasteiger partial charge is 0.260 e. The molecule has 1 aromatic carbocycles. The Labute approximate surface area is 151 Å². The van der Waals surface area contributed by atoms with Gasteiger partial charge in [-0.1, -0.05) is 30.3 Å². The summed E-state index contributed by atoms with van der Waals surface area (Å²) in [5.74, 6) is 1.17. The normalized spacial score (nSPS) is 17.0. The van der Waals surface area contributed by atoms with Gasteiger partial charge in [0, 0.05) is 18.9 Å². The molecule has 0 aliphatic carbocycles. The van der Waals surface area contributed by atoms with Crippen molar-refractivity contribution in [2.75, 3.05) is 12.3 Å². The van der Waals surface area contributed by atoms with E-state index in [0.717, 1.165) is 24.2 Å². The van der Waals surface area contributed by atoms with Gasteiger partial charge in [0.05, 0.1) is 18.3 Å². The van der Waals surface area contributed by atoms with E-state index in [1.165, 1.54) is 0 Å². The van der Waals surface area contributed by atoms with Crippen molar-refractivity contribution in [1.29, 1.82) is 0 Å². The van der Waals surface area contributed by atoms with Gasteiger partial charge in [0.2, 0.25) is 0 Å². The summed E-state index contributed by atoms with van der Waals surface area (Å²) in [5.41, 5.74) is 8.57. The predicted octanol–water partition coefficient (Wildman–Crippen LogP) is 2.52. The van der Waals surface area contributed by atoms with Crippen LogP contribution >= 0.6 is 0 Å². The van der Waals surface area contributed by atoms with Gasteiger partial charge in [0.15, 0.2) is 0 Å². The second-order valence-electron chi connectivity index (χ2n) is 6.62. The Kier molecular flexibility index (Phi) is 4.20. The molecule has 0 radical (unpaired) electrons. The van der Waals surface area contributed by atoms with E-state index in [4.69, 9.17) is 5.73 Å². The number of benzene rings is 1. The number of aromatic nitrogens is 4. The summed E-state index contributed by atoms with van der Waals surface area (Å²) >= 11 is 0. The van der Waals surface area contributed by atoms with Crippen LogP contribution < -0.4 is 5.73 Å². The van der Waals surface area contributed by atoms with E-state index in [1.807, 2.05) is 42.2 Å². The first kappa shape index (κ1) is 16.4. The average molecular weight is 350 g/mol. The Hall–Kier alpha value is -3.09. The topological polar surface area (TPSA) is 92.8 Å². The number of anilines is 1. The van der Waals surface area contributed by atoms with Gasteiger partial charge in [-0.05, 0) is 25.3 Å². The molecule has 0 bridgehead atoms. The molecule has 1 unspecified atom stereocenters. The number of carbonyl (C=O) groups is 1. The lowest BCUT2D eigenvalue weighted by Crippen LogP contribution is -2.32. The van der Waals surface area contributed by atoms with Gasteiger partial charge in [0.25, 0.3) is 5.91 Å². The van der Waals surface area contributed by atoms with E-state index in [9.17, 15) is 4.79 Å². The van der Waals surface area contributed by atoms with Gasteiger partial charge in [-0.15, -0.1) is 0 Å². The molecule has 134 valence electrons. The quantitative estimate of drug-likeness (QED) is 0.756. The number of nitrogens with two attached hydrogens (primary N) is 1. The summed E-state index contributed by atoms with van der Waals surface area (Å²) in [6.07, 6.45) is 5.35. The maximum absolute atomic E-state index is 13.2. The van der Waals surface area contributed by atoms with Crippen molar-refractivity contribution in [3.05, 3.63) is 65.4 Å². The largest absolute Gasteiger partial charge is 0.383 e. The fourth-order valence-corrected chi connectivity index (χ4v) is 3.64. The molecule has 1 atom stereocenters. The monoisotopic (exact) mass is 350 g/mol. The van der Waals surface area contributed by atoms with E-state index >= 15 is 0 Å². The number of hydrogen-bond donors (Lipinski definition) is 2. The lowest BCUT2D eigenvalue weighted by Gasteiger charge is -2.23. The number of aromatic amines is 1. The number of H-pyrrole nitrogens is 1. The van der Waals surface area contributed by atoms with Gasteiger partial charge < -0.3 is 15.6 Å². The van der Waals surface area contributed by atoms with E-state index in [0.29, 0.717) is 30.2 Å². The van der Waals surface area contributed by atoms with Crippen molar-refractivity contribution in [1.82, 2.24) is 24.6 Å². The summed E-state index contributed by atoms with van der Waals surface area (Å²) in [6.45, 7) is 3.08. The first-order valence-corrected chi connectivity index (χ1v) is 8.82. The van der Waals surface area contributed by atoms with Crippen LogP contribution in [0.25, 0.3) is 0 Å². The van der Waals surface area contributed by atoms with E-state index in [-0.39, 0.29) is 11.9 Å². The van der Waals surface area contributed by atoms with Crippen LogP contribution in [-0.4, -0.2) is 37.1 Å². The molecule has 4 rings (SSSR count). The number of likely N-dealkylation sites (tertiary alicyclic amines) is 1. The number of nitrogen functional groups attached to an aromatic ring is 1. The zero-order chi connectivity index (χ0) is 18.1. The Morgan fingerprint density at radius 2 is 2.15 bits per heavy atom. The fraction of sp³-hybridized carbons (Fsp3) is 0.316. The summed E-state index contributed by atoms with van der Waals surface area (Å²) in [4.78, 5) is 22.5. The average Bonchev–Trinajstić information content (AvgIpc) is 3.37. The highest BCUT2D eigenvalue weighted by Crippen LogP contribution is 2.32. The van der Waals surface area contributed by atoms with Gasteiger partial charge in [-0.25, -0.2) is 9.67 Å². The van der Waals surface area contributed by atoms with Gasteiger partial charge >= 0.3 is 0 Å². The number of aryl methyl sites for hydroxylation is 1. The van der Waals surface area contributed by atoms with Crippen LogP contribution in [0, 0.1) is 6.92 Å². The standard InChI is InChI=1S/C19H22N6O/c1-13-16(17(20)25(23-13)12-14-6-3-2-4-7-14)19(26)24-11-5-8-15(24)18-21-9-10-22-18/h2-4,6-7,9-10,15H,5,8,11-12,20H2,1H3,(H,21,22). The van der Waals surface area contributed by atoms with E-state index in [1.54, 1.807) is 17.1 Å². The lowest BCUT2D eigenvalue weighted by atomic mass is 10.1. The Balaban J connectivity index is 1.62. The predicted molar refractivity (Wildman–Crippen MR) is 98.5 cm³/mol. The van der Waals surface area contributed by atoms with Crippen molar-refractivity contribution in [3.8, 4) is 0 Å². The van der Waals surface area contributed by atoms with E-state index in [2.05, 4.69) is 15.1 Å². The molecule has 0 saturated carbocycles. The highest BCUT2D eigenvalue weighted by Gasteiger charge is 2.34. The zero-order valence-electron chi connectivity index (χ0n) is 14.7. The highest BCUT2D eigenvalue weighted by atomic mass is 16.2. The fourth-order valence-electron chi connectivity index (χ4n) is 3.64. The third-order valence-electron chi connectivity index (χ3n) is 4.90. The summed E-state index contributed by atoms with van der Waals surface area (Å²) < 4.78 is 1.70. The third-order valence-corrected chi connectivity index (χ3v) is 4.90. The molecular formula is C19H22N6O. The van der Waals surface area contributed by atoms with Crippen molar-refractivity contribution >= 4 is 11.7 Å². The molecule has 3 aromatic rings. The van der Waals surface area contributed by atoms with Crippen molar-refractivity contribution in [2.45, 2.75) is 32.4 Å². The molecule has 1 fully saturated rings. The van der Waals surface area contributed by atoms with Gasteiger partial charge in [-0.2, -0.15) is 5.10 Å². The molecule has 7 nitrogen and oxygen atoms in total. The Morgan fingerprint density at radius 3 is 2.88 bits per heavy atom. The molecule has 1 aliphatic heterocycles. The molecule has 0 spiro atoms. The summed E-state index contributed by atoms with van der Waals surface area (Å²) in [6, 6.07) is 9.93. The number of carbonyl (C=O) groups excluding carboxylic acids is 1. The first-order valence-electron chi connectivity index (χ1n) is 8.82. The van der Waals surface area contributed by atoms with Crippen LogP contribution in [0.5, 0.6) is 0 Å². The van der Waals surface area contributed by atoms with Crippen LogP contribution in [0.4, 0.5) is 5.82 Å². The minimum atomic E-state index is -0.0711. The summed E-state index contributed by atoms with van der Waals surface area (Å²) in [5, 5.41) is 4.51. The molecule has 3 heterocycles. The maximum Gasteiger partial charge on any atom is 0.260 e. The molecule has 1 amide bonds. The number of imidazole rings is 1. The zero-order valence-corrected chi connectivity index (χ0v) is 14.7. The number of rotatable bonds is 4. The second-order valence-corrected chi connectivity index (χ2v) is 6.62. The first-order chi connectivity index (χ1) is 12.6. The second kappa shape index (κ2) is 6.67. The summed E-state index contributed by atoms with van der Waals surface area (Å²) in [7, 11) is 0. The molecule has 2 aromatic heterocycles. The van der Waals surface area contributed by atoms with Crippen LogP contribution in [0.15, 0.2) is 42.7 Å². The molecule has 3 N–H and O–H groups in total. The maximum atomic E-state index is 13.2. The van der Waals surface area contributed by atoms with Crippen LogP contribution in [0.2, 0.25) is 0 Å². The van der Waals surface area contributed by atoms with Crippen LogP contribution in [-0.2, 0) is 6.54 Å². The molecule has 7 heteroatoms. The number of hydrogen-bond acceptors (Lipinski definition) is 4. The van der Waals surface area contributed by atoms with Crippen molar-refractivity contribution < 1.29 is 4.79 Å². The van der Waals surface area contributed by atoms with Crippen molar-refractivity contribution in [2.24, 2.45) is 0 Å². The minimum absolute atomic E-state index is 0.0335. The van der Waals surface area contributed by atoms with Gasteiger partial charge in [0.1, 0.15) is 17.2 Å². The lowest BCUT2D eigenvalue weighted by molar-refractivity contribution is 0.0730. The van der Waals surface area contributed by atoms with Crippen LogP contribution in [0.3, 0.4) is 0 Å². The minimum Gasteiger partial charge on any atom is -0.383 e. The highest BCUT2D eigenvalue weighted by molar-refractivity contribution is 6.00. The number of nitrogens with one attached hydrogen (secondary N) is 1. The molecule has 1 saturated heterocycles. The number of amides is 1. The Bertz CT molecular complexity index is 900. The third kappa shape index (κ3) is 2.85.